The number of hydrogen-bond acceptors (Lipinski definition) is 5. The monoisotopic (exact) mass is 416 g/mol. The molecule has 4 rings (SSSR count). The molecule has 0 radical (unpaired) electrons. The Hall–Kier alpha value is -1.65. The van der Waals surface area contributed by atoms with E-state index < -0.39 is 16.4 Å². The minimum Gasteiger partial charge on any atom is -0.466 e. The average Bonchev–Trinajstić information content (AvgIpc) is 2.85. The molecule has 0 saturated heterocycles. The molecule has 6 atom stereocenters. The van der Waals surface area contributed by atoms with E-state index in [4.69, 9.17) is 9.47 Å². The number of hydrogen-bond donors (Lipinski definition) is 0. The molecule has 0 aromatic carbocycles. The maximum absolute atomic E-state index is 13.6. The van der Waals surface area contributed by atoms with E-state index in [2.05, 4.69) is 20.4 Å². The van der Waals surface area contributed by atoms with E-state index in [1.807, 2.05) is 6.92 Å². The Morgan fingerprint density at radius 2 is 1.77 bits per heavy atom. The Labute approximate surface area is 179 Å². The third-order valence-electron chi connectivity index (χ3n) is 9.37. The normalized spacial score (nSPS) is 44.8. The highest BCUT2D eigenvalue weighted by atomic mass is 16.6. The summed E-state index contributed by atoms with van der Waals surface area (Å²) in [6, 6.07) is 0. The lowest BCUT2D eigenvalue weighted by molar-refractivity contribution is -0.195. The van der Waals surface area contributed by atoms with Gasteiger partial charge in [0, 0.05) is 23.8 Å². The van der Waals surface area contributed by atoms with Gasteiger partial charge in [-0.3, -0.25) is 14.4 Å². The summed E-state index contributed by atoms with van der Waals surface area (Å²) in [4.78, 5) is 38.8. The Morgan fingerprint density at radius 1 is 1.07 bits per heavy atom. The van der Waals surface area contributed by atoms with Crippen LogP contribution in [-0.2, 0) is 23.9 Å². The first kappa shape index (κ1) is 21.6. The predicted octanol–water partition coefficient (Wildman–Crippen LogP) is 4.77. The molecule has 0 aromatic rings. The van der Waals surface area contributed by atoms with Gasteiger partial charge in [-0.1, -0.05) is 26.8 Å². The van der Waals surface area contributed by atoms with E-state index in [-0.39, 0.29) is 35.0 Å². The first-order valence-corrected chi connectivity index (χ1v) is 11.7. The highest BCUT2D eigenvalue weighted by Crippen LogP contribution is 2.72. The number of carbonyl (C=O) groups is 3. The van der Waals surface area contributed by atoms with Gasteiger partial charge in [-0.25, -0.2) is 0 Å². The second kappa shape index (κ2) is 6.93. The molecular weight excluding hydrogens is 380 g/mol. The van der Waals surface area contributed by atoms with Crippen molar-refractivity contribution in [3.8, 4) is 0 Å². The van der Waals surface area contributed by atoms with E-state index in [1.165, 1.54) is 0 Å². The van der Waals surface area contributed by atoms with E-state index in [1.54, 1.807) is 6.92 Å². The Kier molecular flexibility index (Phi) is 4.98. The lowest BCUT2D eigenvalue weighted by atomic mass is 9.40. The third kappa shape index (κ3) is 2.62. The summed E-state index contributed by atoms with van der Waals surface area (Å²) in [6.45, 7) is 12.6. The number of rotatable bonds is 4. The number of Topliss-reactive ketones (excluding diaryl/α,β-unsaturated/α-hetero) is 1. The molecule has 30 heavy (non-hydrogen) atoms. The lowest BCUT2D eigenvalue weighted by Crippen LogP contribution is -2.60. The van der Waals surface area contributed by atoms with Crippen molar-refractivity contribution < 1.29 is 23.9 Å². The van der Waals surface area contributed by atoms with Crippen LogP contribution in [0.1, 0.15) is 85.5 Å². The maximum Gasteiger partial charge on any atom is 0.312 e. The molecule has 0 amide bonds. The molecule has 4 aliphatic carbocycles. The van der Waals surface area contributed by atoms with E-state index in [9.17, 15) is 14.4 Å². The molecular formula is C25H36O5. The summed E-state index contributed by atoms with van der Waals surface area (Å²) in [5, 5.41) is 0. The smallest absolute Gasteiger partial charge is 0.312 e. The topological polar surface area (TPSA) is 69.7 Å². The molecule has 4 saturated carbocycles. The summed E-state index contributed by atoms with van der Waals surface area (Å²) in [6.07, 6.45) is 6.81. The van der Waals surface area contributed by atoms with Crippen molar-refractivity contribution in [1.29, 1.82) is 0 Å². The van der Waals surface area contributed by atoms with Gasteiger partial charge >= 0.3 is 11.9 Å². The van der Waals surface area contributed by atoms with Gasteiger partial charge in [-0.05, 0) is 69.6 Å². The second-order valence-corrected chi connectivity index (χ2v) is 10.6. The predicted molar refractivity (Wildman–Crippen MR) is 112 cm³/mol. The fourth-order valence-electron chi connectivity index (χ4n) is 8.07. The summed E-state index contributed by atoms with van der Waals surface area (Å²) in [5.41, 5.74) is -1.41. The highest BCUT2D eigenvalue weighted by molar-refractivity contribution is 6.05. The lowest BCUT2D eigenvalue weighted by Gasteiger charge is -2.63. The molecule has 2 bridgehead atoms. The largest absolute Gasteiger partial charge is 0.466 e. The minimum absolute atomic E-state index is 0.0823. The van der Waals surface area contributed by atoms with Crippen molar-refractivity contribution in [2.24, 2.45) is 28.1 Å². The summed E-state index contributed by atoms with van der Waals surface area (Å²) >= 11 is 0. The molecule has 5 heteroatoms. The zero-order valence-electron chi connectivity index (χ0n) is 19.0. The number of carbonyl (C=O) groups excluding carboxylic acids is 3. The van der Waals surface area contributed by atoms with Gasteiger partial charge in [-0.2, -0.15) is 0 Å². The Bertz CT molecular complexity index is 801. The quantitative estimate of drug-likeness (QED) is 0.487. The molecule has 0 aliphatic heterocycles. The number of esters is 2. The number of ether oxygens (including phenoxy) is 2. The van der Waals surface area contributed by atoms with E-state index >= 15 is 0 Å². The fourth-order valence-corrected chi connectivity index (χ4v) is 8.07. The van der Waals surface area contributed by atoms with Crippen LogP contribution in [0.2, 0.25) is 0 Å². The molecule has 5 nitrogen and oxygen atoms in total. The van der Waals surface area contributed by atoms with Crippen LogP contribution in [0, 0.1) is 28.1 Å². The molecule has 0 unspecified atom stereocenters. The second-order valence-electron chi connectivity index (χ2n) is 10.6. The molecule has 4 fully saturated rings. The van der Waals surface area contributed by atoms with Crippen molar-refractivity contribution in [2.75, 3.05) is 6.61 Å². The summed E-state index contributed by atoms with van der Waals surface area (Å²) < 4.78 is 11.4. The first-order valence-electron chi connectivity index (χ1n) is 11.7. The van der Waals surface area contributed by atoms with Gasteiger partial charge < -0.3 is 9.47 Å². The van der Waals surface area contributed by atoms with Gasteiger partial charge in [0.05, 0.1) is 12.0 Å². The number of fused-ring (bicyclic) bond motifs is 3. The van der Waals surface area contributed by atoms with Gasteiger partial charge in [0.1, 0.15) is 5.60 Å². The van der Waals surface area contributed by atoms with Crippen LogP contribution in [0.3, 0.4) is 0 Å². The summed E-state index contributed by atoms with van der Waals surface area (Å²) in [5.74, 6) is 0.170. The van der Waals surface area contributed by atoms with Crippen molar-refractivity contribution in [3.05, 3.63) is 12.2 Å². The Morgan fingerprint density at radius 3 is 2.43 bits per heavy atom. The minimum atomic E-state index is -0.816. The van der Waals surface area contributed by atoms with Crippen molar-refractivity contribution in [1.82, 2.24) is 0 Å². The van der Waals surface area contributed by atoms with Crippen molar-refractivity contribution in [3.63, 3.8) is 0 Å². The highest BCUT2D eigenvalue weighted by Gasteiger charge is 2.72. The van der Waals surface area contributed by atoms with Gasteiger partial charge in [-0.15, -0.1) is 0 Å². The van der Waals surface area contributed by atoms with Crippen LogP contribution in [0.15, 0.2) is 12.2 Å². The first-order chi connectivity index (χ1) is 14.1. The van der Waals surface area contributed by atoms with E-state index in [0.29, 0.717) is 31.4 Å². The molecule has 166 valence electrons. The molecule has 0 aromatic heterocycles. The maximum atomic E-state index is 13.6. The van der Waals surface area contributed by atoms with Crippen LogP contribution >= 0.6 is 0 Å². The molecule has 0 heterocycles. The zero-order valence-corrected chi connectivity index (χ0v) is 19.0. The molecule has 0 N–H and O–H groups in total. The summed E-state index contributed by atoms with van der Waals surface area (Å²) in [7, 11) is 0. The molecule has 4 aliphatic rings. The van der Waals surface area contributed by atoms with Crippen LogP contribution in [0.5, 0.6) is 0 Å². The van der Waals surface area contributed by atoms with Gasteiger partial charge in [0.2, 0.25) is 0 Å². The van der Waals surface area contributed by atoms with Crippen LogP contribution in [0.25, 0.3) is 0 Å². The van der Waals surface area contributed by atoms with Crippen LogP contribution in [-0.4, -0.2) is 29.9 Å². The van der Waals surface area contributed by atoms with Crippen molar-refractivity contribution in [2.45, 2.75) is 91.1 Å². The fraction of sp³-hybridized carbons (Fsp3) is 0.800. The Balaban J connectivity index is 1.71. The SMILES string of the molecule is C=C1C(=O)[C@@]23CC[C@H]4[C@@](C)(CCC[C@@]4(C)C(=O)OCC)[C@@H]2CC[C@]1(OC(=O)CC)C3. The van der Waals surface area contributed by atoms with Gasteiger partial charge in [0.15, 0.2) is 5.78 Å². The van der Waals surface area contributed by atoms with Gasteiger partial charge in [0.25, 0.3) is 0 Å². The molecule has 1 spiro atoms. The average molecular weight is 417 g/mol. The van der Waals surface area contributed by atoms with Crippen LogP contribution < -0.4 is 0 Å². The third-order valence-corrected chi connectivity index (χ3v) is 9.37. The van der Waals surface area contributed by atoms with Crippen molar-refractivity contribution >= 4 is 17.7 Å². The van der Waals surface area contributed by atoms with Crippen LogP contribution in [0.4, 0.5) is 0 Å². The van der Waals surface area contributed by atoms with E-state index in [0.717, 1.165) is 38.5 Å². The number of ketones is 1. The zero-order chi connectivity index (χ0) is 21.9. The standard InChI is InChI=1S/C25H36O5/c1-6-19(26)30-25-14-10-18-22(4)11-8-12-23(5,21(28)29-7-2)17(22)9-13-24(18,15-25)20(27)16(25)3/h17-18H,3,6-15H2,1-2,4-5H3/t17-,18-,22+,23+,24+,25-/m0/s1.